The predicted octanol–water partition coefficient (Wildman–Crippen LogP) is 2.30. The van der Waals surface area contributed by atoms with Gasteiger partial charge < -0.3 is 9.64 Å². The van der Waals surface area contributed by atoms with Crippen molar-refractivity contribution in [1.29, 1.82) is 0 Å². The molecule has 5 nitrogen and oxygen atoms in total. The molecule has 9 heteroatoms. The third-order valence-corrected chi connectivity index (χ3v) is 2.76. The van der Waals surface area contributed by atoms with Crippen molar-refractivity contribution in [3.05, 3.63) is 29.0 Å². The van der Waals surface area contributed by atoms with Crippen LogP contribution in [-0.2, 0) is 9.53 Å². The van der Waals surface area contributed by atoms with E-state index in [-0.39, 0.29) is 17.1 Å². The Kier molecular flexibility index (Phi) is 5.95. The molecule has 1 aromatic heterocycles. The van der Waals surface area contributed by atoms with Gasteiger partial charge in [0.2, 0.25) is 0 Å². The van der Waals surface area contributed by atoms with Crippen molar-refractivity contribution < 1.29 is 27.5 Å². The number of ether oxygens (including phenoxy) is 1. The fourth-order valence-electron chi connectivity index (χ4n) is 1.51. The molecule has 1 rings (SSSR count). The quantitative estimate of drug-likeness (QED) is 0.616. The number of carbonyl (C=O) groups is 2. The van der Waals surface area contributed by atoms with Crippen LogP contribution in [-0.4, -0.2) is 48.1 Å². The van der Waals surface area contributed by atoms with Gasteiger partial charge in [-0.3, -0.25) is 9.59 Å². The molecule has 0 aliphatic heterocycles. The molecule has 0 aromatic carbocycles. The van der Waals surface area contributed by atoms with Crippen LogP contribution in [0.1, 0.15) is 16.8 Å². The number of rotatable bonds is 5. The molecule has 0 bridgehead atoms. The minimum atomic E-state index is -4.60. The highest BCUT2D eigenvalue weighted by Crippen LogP contribution is 2.20. The Morgan fingerprint density at radius 2 is 2.10 bits per heavy atom. The predicted molar refractivity (Wildman–Crippen MR) is 67.8 cm³/mol. The van der Waals surface area contributed by atoms with E-state index in [0.29, 0.717) is 4.90 Å². The Morgan fingerprint density at radius 3 is 2.62 bits per heavy atom. The summed E-state index contributed by atoms with van der Waals surface area (Å²) in [5, 5.41) is -0.201. The highest BCUT2D eigenvalue weighted by Gasteiger charge is 2.34. The van der Waals surface area contributed by atoms with Crippen LogP contribution in [0.5, 0.6) is 0 Å². The van der Waals surface area contributed by atoms with Gasteiger partial charge in [0.1, 0.15) is 11.7 Å². The zero-order valence-corrected chi connectivity index (χ0v) is 11.7. The Balaban J connectivity index is 2.92. The number of hydrogen-bond acceptors (Lipinski definition) is 4. The molecular weight excluding hydrogens is 313 g/mol. The summed E-state index contributed by atoms with van der Waals surface area (Å²) in [6.07, 6.45) is -3.64. The maximum Gasteiger partial charge on any atom is 0.406 e. The second kappa shape index (κ2) is 7.26. The van der Waals surface area contributed by atoms with Gasteiger partial charge in [0, 0.05) is 12.7 Å². The fourth-order valence-corrected chi connectivity index (χ4v) is 1.71. The lowest BCUT2D eigenvalue weighted by Gasteiger charge is -2.23. The van der Waals surface area contributed by atoms with Gasteiger partial charge in [-0.15, -0.1) is 0 Å². The largest absolute Gasteiger partial charge is 0.469 e. The molecule has 0 N–H and O–H groups in total. The van der Waals surface area contributed by atoms with Gasteiger partial charge in [-0.2, -0.15) is 13.2 Å². The van der Waals surface area contributed by atoms with E-state index in [1.165, 1.54) is 18.3 Å². The maximum atomic E-state index is 12.5. The number of hydrogen-bond donors (Lipinski definition) is 0. The number of halogens is 4. The first kappa shape index (κ1) is 17.2. The number of methoxy groups -OCH3 is 1. The Labute approximate surface area is 123 Å². The van der Waals surface area contributed by atoms with Gasteiger partial charge in [-0.05, 0) is 12.1 Å². The van der Waals surface area contributed by atoms with Crippen molar-refractivity contribution in [1.82, 2.24) is 9.88 Å². The van der Waals surface area contributed by atoms with E-state index in [1.807, 2.05) is 0 Å². The zero-order valence-electron chi connectivity index (χ0n) is 11.0. The van der Waals surface area contributed by atoms with Crippen LogP contribution in [0.3, 0.4) is 0 Å². The first-order valence-corrected chi connectivity index (χ1v) is 6.15. The van der Waals surface area contributed by atoms with Crippen LogP contribution in [0.25, 0.3) is 0 Å². The SMILES string of the molecule is COC(=O)CCN(CC(F)(F)F)C(=O)c1cccnc1Cl. The monoisotopic (exact) mass is 324 g/mol. The molecule has 1 amide bonds. The highest BCUT2D eigenvalue weighted by molar-refractivity contribution is 6.32. The molecule has 0 saturated carbocycles. The molecule has 1 aromatic rings. The molecule has 21 heavy (non-hydrogen) atoms. The number of carbonyl (C=O) groups excluding carboxylic acids is 2. The van der Waals surface area contributed by atoms with Gasteiger partial charge in [0.15, 0.2) is 0 Å². The summed E-state index contributed by atoms with van der Waals surface area (Å²) in [5.74, 6) is -1.67. The van der Waals surface area contributed by atoms with Crippen molar-refractivity contribution >= 4 is 23.5 Å². The normalized spacial score (nSPS) is 11.1. The summed E-state index contributed by atoms with van der Waals surface area (Å²) < 4.78 is 41.9. The Bertz CT molecular complexity index is 523. The molecule has 0 saturated heterocycles. The second-order valence-corrected chi connectivity index (χ2v) is 4.37. The number of nitrogens with zero attached hydrogens (tertiary/aromatic N) is 2. The van der Waals surface area contributed by atoms with Gasteiger partial charge in [-0.25, -0.2) is 4.98 Å². The van der Waals surface area contributed by atoms with Crippen LogP contribution in [0.2, 0.25) is 5.15 Å². The lowest BCUT2D eigenvalue weighted by molar-refractivity contribution is -0.147. The molecule has 0 atom stereocenters. The van der Waals surface area contributed by atoms with Crippen LogP contribution in [0.4, 0.5) is 13.2 Å². The van der Waals surface area contributed by atoms with E-state index in [9.17, 15) is 22.8 Å². The summed E-state index contributed by atoms with van der Waals surface area (Å²) >= 11 is 5.69. The van der Waals surface area contributed by atoms with Crippen molar-refractivity contribution in [2.24, 2.45) is 0 Å². The summed E-state index contributed by atoms with van der Waals surface area (Å²) in [7, 11) is 1.11. The standard InChI is InChI=1S/C12H12ClF3N2O3/c1-21-9(19)4-6-18(7-12(14,15)16)11(20)8-3-2-5-17-10(8)13/h2-3,5H,4,6-7H2,1H3. The molecule has 0 radical (unpaired) electrons. The van der Waals surface area contributed by atoms with E-state index < -0.39 is 31.1 Å². The molecule has 0 fully saturated rings. The Hall–Kier alpha value is -1.83. The third kappa shape index (κ3) is 5.58. The Morgan fingerprint density at radius 1 is 1.43 bits per heavy atom. The van der Waals surface area contributed by atoms with Crippen molar-refractivity contribution in [2.75, 3.05) is 20.2 Å². The molecular formula is C12H12ClF3N2O3. The molecule has 1 heterocycles. The lowest BCUT2D eigenvalue weighted by Crippen LogP contribution is -2.40. The minimum Gasteiger partial charge on any atom is -0.469 e. The smallest absolute Gasteiger partial charge is 0.406 e. The molecule has 0 aliphatic carbocycles. The number of amides is 1. The van der Waals surface area contributed by atoms with E-state index in [2.05, 4.69) is 9.72 Å². The topological polar surface area (TPSA) is 59.5 Å². The van der Waals surface area contributed by atoms with Gasteiger partial charge in [-0.1, -0.05) is 11.6 Å². The van der Waals surface area contributed by atoms with Crippen molar-refractivity contribution in [3.8, 4) is 0 Å². The van der Waals surface area contributed by atoms with Gasteiger partial charge in [0.25, 0.3) is 5.91 Å². The summed E-state index contributed by atoms with van der Waals surface area (Å²) in [4.78, 5) is 27.2. The number of pyridine rings is 1. The summed E-state index contributed by atoms with van der Waals surface area (Å²) in [6, 6.07) is 2.64. The third-order valence-electron chi connectivity index (χ3n) is 2.46. The van der Waals surface area contributed by atoms with E-state index in [1.54, 1.807) is 0 Å². The first-order chi connectivity index (χ1) is 9.74. The van der Waals surface area contributed by atoms with Gasteiger partial charge >= 0.3 is 12.1 Å². The average molecular weight is 325 g/mol. The van der Waals surface area contributed by atoms with Crippen LogP contribution in [0.15, 0.2) is 18.3 Å². The van der Waals surface area contributed by atoms with Crippen LogP contribution >= 0.6 is 11.6 Å². The number of esters is 1. The number of aromatic nitrogens is 1. The average Bonchev–Trinajstić information content (AvgIpc) is 2.41. The molecule has 116 valence electrons. The lowest BCUT2D eigenvalue weighted by atomic mass is 10.2. The van der Waals surface area contributed by atoms with Crippen LogP contribution < -0.4 is 0 Å². The molecule has 0 aliphatic rings. The highest BCUT2D eigenvalue weighted by atomic mass is 35.5. The summed E-state index contributed by atoms with van der Waals surface area (Å²) in [6.45, 7) is -1.93. The van der Waals surface area contributed by atoms with Crippen LogP contribution in [0, 0.1) is 0 Å². The fraction of sp³-hybridized carbons (Fsp3) is 0.417. The van der Waals surface area contributed by atoms with E-state index in [4.69, 9.17) is 11.6 Å². The second-order valence-electron chi connectivity index (χ2n) is 4.01. The minimum absolute atomic E-state index is 0.159. The van der Waals surface area contributed by atoms with Crippen molar-refractivity contribution in [2.45, 2.75) is 12.6 Å². The maximum absolute atomic E-state index is 12.5. The first-order valence-electron chi connectivity index (χ1n) is 5.78. The molecule has 0 spiro atoms. The van der Waals surface area contributed by atoms with E-state index in [0.717, 1.165) is 7.11 Å². The zero-order chi connectivity index (χ0) is 16.0. The summed E-state index contributed by atoms with van der Waals surface area (Å²) in [5.41, 5.74) is -0.159. The van der Waals surface area contributed by atoms with E-state index >= 15 is 0 Å². The number of alkyl halides is 3. The van der Waals surface area contributed by atoms with Gasteiger partial charge in [0.05, 0.1) is 19.1 Å². The molecule has 0 unspecified atom stereocenters. The van der Waals surface area contributed by atoms with Crippen molar-refractivity contribution in [3.63, 3.8) is 0 Å².